The highest BCUT2D eigenvalue weighted by atomic mass is 16.5. The third-order valence-corrected chi connectivity index (χ3v) is 5.18. The maximum atomic E-state index is 12.9. The Bertz CT molecular complexity index is 1070. The van der Waals surface area contributed by atoms with Crippen molar-refractivity contribution in [3.8, 4) is 11.8 Å². The van der Waals surface area contributed by atoms with Gasteiger partial charge in [0.25, 0.3) is 0 Å². The van der Waals surface area contributed by atoms with E-state index in [1.54, 1.807) is 10.9 Å². The van der Waals surface area contributed by atoms with Gasteiger partial charge in [-0.25, -0.2) is 4.68 Å². The van der Waals surface area contributed by atoms with Crippen LogP contribution in [0.15, 0.2) is 53.3 Å². The minimum absolute atomic E-state index is 0.0293. The first-order valence-corrected chi connectivity index (χ1v) is 9.12. The minimum Gasteiger partial charge on any atom is -0.444 e. The molecular formula is C21H21N5O2. The van der Waals surface area contributed by atoms with Crippen LogP contribution in [-0.2, 0) is 9.53 Å². The summed E-state index contributed by atoms with van der Waals surface area (Å²) < 4.78 is 7.33. The molecular weight excluding hydrogens is 354 g/mol. The second-order valence-corrected chi connectivity index (χ2v) is 8.13. The Labute approximate surface area is 163 Å². The van der Waals surface area contributed by atoms with Crippen LogP contribution >= 0.6 is 0 Å². The molecule has 0 fully saturated rings. The molecule has 0 spiro atoms. The topological polar surface area (TPSA) is 107 Å². The molecule has 0 bridgehead atoms. The van der Waals surface area contributed by atoms with E-state index >= 15 is 0 Å². The Morgan fingerprint density at radius 2 is 2.00 bits per heavy atom. The summed E-state index contributed by atoms with van der Waals surface area (Å²) in [5.41, 5.74) is 8.97. The molecule has 7 nitrogen and oxygen atoms in total. The molecule has 0 saturated heterocycles. The van der Waals surface area contributed by atoms with Crippen molar-refractivity contribution in [2.45, 2.75) is 39.5 Å². The zero-order valence-electron chi connectivity index (χ0n) is 16.1. The third kappa shape index (κ3) is 2.97. The number of nitrogens with two attached hydrogens (primary N) is 1. The SMILES string of the molecule is Cc1ccc(-n2cc(C3C(C#N)=C(N)OC4=C3C(=O)CC(C)(C)C4)nn2)cc1. The summed E-state index contributed by atoms with van der Waals surface area (Å²) in [5, 5.41) is 18.1. The molecule has 1 atom stereocenters. The van der Waals surface area contributed by atoms with E-state index in [0.29, 0.717) is 29.9 Å². The smallest absolute Gasteiger partial charge is 0.205 e. The number of allylic oxidation sites excluding steroid dienone is 3. The van der Waals surface area contributed by atoms with Crippen LogP contribution in [0, 0.1) is 23.7 Å². The quantitative estimate of drug-likeness (QED) is 0.864. The Kier molecular flexibility index (Phi) is 4.07. The van der Waals surface area contributed by atoms with Gasteiger partial charge < -0.3 is 10.5 Å². The fraction of sp³-hybridized carbons (Fsp3) is 0.333. The van der Waals surface area contributed by atoms with Gasteiger partial charge in [-0.1, -0.05) is 36.8 Å². The lowest BCUT2D eigenvalue weighted by molar-refractivity contribution is -0.119. The van der Waals surface area contributed by atoms with E-state index < -0.39 is 5.92 Å². The first kappa shape index (κ1) is 18.0. The maximum Gasteiger partial charge on any atom is 0.205 e. The van der Waals surface area contributed by atoms with Crippen molar-refractivity contribution in [1.29, 1.82) is 5.26 Å². The molecule has 1 unspecified atom stereocenters. The summed E-state index contributed by atoms with van der Waals surface area (Å²) in [6, 6.07) is 9.94. The number of aryl methyl sites for hydroxylation is 1. The molecule has 2 heterocycles. The number of nitriles is 1. The average Bonchev–Trinajstić information content (AvgIpc) is 3.09. The molecule has 0 radical (unpaired) electrons. The largest absolute Gasteiger partial charge is 0.444 e. The predicted molar refractivity (Wildman–Crippen MR) is 102 cm³/mol. The van der Waals surface area contributed by atoms with Gasteiger partial charge in [-0.3, -0.25) is 4.79 Å². The number of aromatic nitrogens is 3. The van der Waals surface area contributed by atoms with E-state index in [4.69, 9.17) is 10.5 Å². The fourth-order valence-electron chi connectivity index (χ4n) is 3.81. The number of carbonyl (C=O) groups is 1. The number of ether oxygens (including phenoxy) is 1. The molecule has 2 aliphatic rings. The van der Waals surface area contributed by atoms with Crippen LogP contribution in [0.5, 0.6) is 0 Å². The van der Waals surface area contributed by atoms with Crippen molar-refractivity contribution in [2.24, 2.45) is 11.1 Å². The van der Waals surface area contributed by atoms with Gasteiger partial charge >= 0.3 is 0 Å². The Hall–Kier alpha value is -3.40. The molecule has 2 N–H and O–H groups in total. The van der Waals surface area contributed by atoms with Crippen LogP contribution in [-0.4, -0.2) is 20.8 Å². The van der Waals surface area contributed by atoms with Gasteiger partial charge in [0.2, 0.25) is 5.88 Å². The van der Waals surface area contributed by atoms with E-state index in [0.717, 1.165) is 11.3 Å². The first-order chi connectivity index (χ1) is 13.3. The molecule has 28 heavy (non-hydrogen) atoms. The van der Waals surface area contributed by atoms with E-state index in [2.05, 4.69) is 16.4 Å². The maximum absolute atomic E-state index is 12.9. The van der Waals surface area contributed by atoms with Crippen LogP contribution < -0.4 is 5.73 Å². The lowest BCUT2D eigenvalue weighted by atomic mass is 9.71. The molecule has 7 heteroatoms. The van der Waals surface area contributed by atoms with Crippen LogP contribution in [0.1, 0.15) is 43.9 Å². The van der Waals surface area contributed by atoms with Crippen LogP contribution in [0.2, 0.25) is 0 Å². The number of Topliss-reactive ketones (excluding diaryl/α,β-unsaturated/α-hetero) is 1. The van der Waals surface area contributed by atoms with Crippen molar-refractivity contribution < 1.29 is 9.53 Å². The van der Waals surface area contributed by atoms with Crippen molar-refractivity contribution in [3.05, 3.63) is 64.5 Å². The van der Waals surface area contributed by atoms with Crippen molar-refractivity contribution in [3.63, 3.8) is 0 Å². The lowest BCUT2D eigenvalue weighted by Crippen LogP contribution is -2.33. The Balaban J connectivity index is 1.81. The van der Waals surface area contributed by atoms with Crippen LogP contribution in [0.4, 0.5) is 0 Å². The number of nitrogens with zero attached hydrogens (tertiary/aromatic N) is 4. The Morgan fingerprint density at radius 3 is 2.68 bits per heavy atom. The number of benzene rings is 1. The molecule has 1 aromatic carbocycles. The van der Waals surface area contributed by atoms with Gasteiger partial charge in [0.1, 0.15) is 17.4 Å². The highest BCUT2D eigenvalue weighted by molar-refractivity contribution is 5.99. The molecule has 0 amide bonds. The standard InChI is InChI=1S/C21H21N5O2/c1-12-4-6-13(7-5-12)26-11-15(24-25-26)18-14(10-22)20(23)28-17-9-21(2,3)8-16(27)19(17)18/h4-7,11,18H,8-9,23H2,1-3H3. The van der Waals surface area contributed by atoms with E-state index in [1.807, 2.05) is 45.0 Å². The molecule has 142 valence electrons. The molecule has 0 saturated carbocycles. The zero-order chi connectivity index (χ0) is 20.1. The van der Waals surface area contributed by atoms with Gasteiger partial charge in [0.15, 0.2) is 5.78 Å². The number of hydrogen-bond donors (Lipinski definition) is 1. The third-order valence-electron chi connectivity index (χ3n) is 5.18. The number of rotatable bonds is 2. The lowest BCUT2D eigenvalue weighted by Gasteiger charge is -2.36. The molecule has 1 aliphatic heterocycles. The normalized spacial score (nSPS) is 21.2. The van der Waals surface area contributed by atoms with Gasteiger partial charge in [-0.15, -0.1) is 5.10 Å². The average molecular weight is 375 g/mol. The van der Waals surface area contributed by atoms with Crippen molar-refractivity contribution in [1.82, 2.24) is 15.0 Å². The highest BCUT2D eigenvalue weighted by Gasteiger charge is 2.44. The van der Waals surface area contributed by atoms with Gasteiger partial charge in [0.05, 0.1) is 23.5 Å². The Morgan fingerprint density at radius 1 is 1.29 bits per heavy atom. The highest BCUT2D eigenvalue weighted by Crippen LogP contribution is 2.47. The second kappa shape index (κ2) is 6.34. The van der Waals surface area contributed by atoms with E-state index in [1.165, 1.54) is 0 Å². The summed E-state index contributed by atoms with van der Waals surface area (Å²) >= 11 is 0. The summed E-state index contributed by atoms with van der Waals surface area (Å²) in [4.78, 5) is 12.9. The van der Waals surface area contributed by atoms with Crippen LogP contribution in [0.25, 0.3) is 5.69 Å². The minimum atomic E-state index is -0.656. The number of hydrogen-bond acceptors (Lipinski definition) is 6. The number of ketones is 1. The second-order valence-electron chi connectivity index (χ2n) is 8.13. The fourth-order valence-corrected chi connectivity index (χ4v) is 3.81. The molecule has 4 rings (SSSR count). The van der Waals surface area contributed by atoms with Gasteiger partial charge in [-0.2, -0.15) is 5.26 Å². The summed E-state index contributed by atoms with van der Waals surface area (Å²) in [5.74, 6) is -0.132. The van der Waals surface area contributed by atoms with Gasteiger partial charge in [0, 0.05) is 18.4 Å². The summed E-state index contributed by atoms with van der Waals surface area (Å²) in [7, 11) is 0. The summed E-state index contributed by atoms with van der Waals surface area (Å²) in [6.45, 7) is 6.04. The molecule has 1 aliphatic carbocycles. The van der Waals surface area contributed by atoms with E-state index in [9.17, 15) is 10.1 Å². The summed E-state index contributed by atoms with van der Waals surface area (Å²) in [6.07, 6.45) is 2.70. The first-order valence-electron chi connectivity index (χ1n) is 9.12. The number of carbonyl (C=O) groups excluding carboxylic acids is 1. The van der Waals surface area contributed by atoms with Crippen molar-refractivity contribution >= 4 is 5.78 Å². The van der Waals surface area contributed by atoms with Crippen LogP contribution in [0.3, 0.4) is 0 Å². The van der Waals surface area contributed by atoms with Gasteiger partial charge in [-0.05, 0) is 24.5 Å². The zero-order valence-corrected chi connectivity index (χ0v) is 16.1. The monoisotopic (exact) mass is 375 g/mol. The van der Waals surface area contributed by atoms with E-state index in [-0.39, 0.29) is 22.7 Å². The molecule has 1 aromatic heterocycles. The van der Waals surface area contributed by atoms with Crippen molar-refractivity contribution in [2.75, 3.05) is 0 Å². The predicted octanol–water partition coefficient (Wildman–Crippen LogP) is 3.03. The molecule has 2 aromatic rings.